The number of rotatable bonds is 2. The van der Waals surface area contributed by atoms with Crippen molar-refractivity contribution in [2.24, 2.45) is 5.73 Å². The first kappa shape index (κ1) is 6.39. The lowest BCUT2D eigenvalue weighted by atomic mass is 10.1. The Hall–Kier alpha value is -1.13. The zero-order chi connectivity index (χ0) is 10.9. The van der Waals surface area contributed by atoms with Crippen LogP contribution in [0.1, 0.15) is 19.6 Å². The molecule has 0 aromatic carbocycles. The lowest BCUT2D eigenvalue weighted by molar-refractivity contribution is 0.279. The molecule has 0 aliphatic rings. The van der Waals surface area contributed by atoms with Crippen molar-refractivity contribution in [3.05, 3.63) is 23.0 Å². The van der Waals surface area contributed by atoms with Gasteiger partial charge in [-0.15, -0.1) is 0 Å². The topological polar surface area (TPSA) is 79.4 Å². The van der Waals surface area contributed by atoms with Gasteiger partial charge in [0.2, 0.25) is 0 Å². The first-order chi connectivity index (χ1) is 6.45. The van der Waals surface area contributed by atoms with E-state index in [0.29, 0.717) is 5.69 Å². The molecule has 4 heteroatoms. The molecule has 4 N–H and O–H groups in total. The van der Waals surface area contributed by atoms with Crippen molar-refractivity contribution >= 4 is 0 Å². The Morgan fingerprint density at radius 3 is 2.92 bits per heavy atom. The van der Waals surface area contributed by atoms with Gasteiger partial charge in [-0.2, -0.15) is 0 Å². The third-order valence-corrected chi connectivity index (χ3v) is 1.61. The van der Waals surface area contributed by atoms with Crippen molar-refractivity contribution in [1.82, 2.24) is 4.98 Å². The molecule has 0 amide bonds. The number of aryl methyl sites for hydroxylation is 1. The Bertz CT molecular complexity index is 342. The molecule has 1 rings (SSSR count). The predicted molar refractivity (Wildman–Crippen MR) is 44.5 cm³/mol. The van der Waals surface area contributed by atoms with Gasteiger partial charge in [0.05, 0.1) is 13.6 Å². The first-order valence-electron chi connectivity index (χ1n) is 4.57. The zero-order valence-electron chi connectivity index (χ0n) is 8.65. The molecule has 2 unspecified atom stereocenters. The summed E-state index contributed by atoms with van der Waals surface area (Å²) in [5.41, 5.74) is 5.75. The number of hydrogen-bond acceptors (Lipinski definition) is 4. The van der Waals surface area contributed by atoms with Crippen molar-refractivity contribution in [2.45, 2.75) is 20.0 Å². The summed E-state index contributed by atoms with van der Waals surface area (Å²) in [5, 5.41) is 18.6. The van der Waals surface area contributed by atoms with Crippen LogP contribution < -0.4 is 5.73 Å². The van der Waals surface area contributed by atoms with E-state index in [1.165, 1.54) is 6.20 Å². The summed E-state index contributed by atoms with van der Waals surface area (Å²) < 4.78 is 14.4. The average molecular weight is 170 g/mol. The Labute approximate surface area is 73.5 Å². The summed E-state index contributed by atoms with van der Waals surface area (Å²) >= 11 is 0. The van der Waals surface area contributed by atoms with Crippen molar-refractivity contribution in [2.75, 3.05) is 0 Å². The molecular weight excluding hydrogens is 156 g/mol. The first-order valence-corrected chi connectivity index (χ1v) is 3.41. The van der Waals surface area contributed by atoms with Gasteiger partial charge in [-0.05, 0) is 6.92 Å². The molecule has 0 radical (unpaired) electrons. The number of nitrogens with two attached hydrogens (primary N) is 1. The summed E-state index contributed by atoms with van der Waals surface area (Å²) in [7, 11) is 0. The molecule has 4 nitrogen and oxygen atoms in total. The van der Waals surface area contributed by atoms with Crippen molar-refractivity contribution in [3.63, 3.8) is 0 Å². The Morgan fingerprint density at radius 2 is 2.42 bits per heavy atom. The monoisotopic (exact) mass is 170 g/mol. The van der Waals surface area contributed by atoms with Crippen molar-refractivity contribution in [3.8, 4) is 5.75 Å². The number of nitrogens with zero attached hydrogens (tertiary/aromatic N) is 1. The molecule has 1 heterocycles. The van der Waals surface area contributed by atoms with E-state index in [0.717, 1.165) is 0 Å². The van der Waals surface area contributed by atoms with Crippen LogP contribution in [0.5, 0.6) is 5.75 Å². The van der Waals surface area contributed by atoms with E-state index in [1.807, 2.05) is 0 Å². The second kappa shape index (κ2) is 3.51. The molecule has 0 aliphatic heterocycles. The van der Waals surface area contributed by atoms with Gasteiger partial charge in [0.25, 0.3) is 0 Å². The van der Waals surface area contributed by atoms with Gasteiger partial charge in [0.15, 0.2) is 0 Å². The number of aromatic nitrogens is 1. The molecule has 2 atom stereocenters. The summed E-state index contributed by atoms with van der Waals surface area (Å²) in [5.74, 6) is -0.226. The minimum Gasteiger partial charge on any atom is -0.506 e. The van der Waals surface area contributed by atoms with Crippen LogP contribution >= 0.6 is 0 Å². The van der Waals surface area contributed by atoms with Crippen LogP contribution in [0.3, 0.4) is 0 Å². The van der Waals surface area contributed by atoms with Crippen LogP contribution in [-0.4, -0.2) is 15.2 Å². The van der Waals surface area contributed by atoms with Gasteiger partial charge in [-0.25, -0.2) is 0 Å². The molecule has 12 heavy (non-hydrogen) atoms. The highest BCUT2D eigenvalue weighted by Gasteiger charge is 2.08. The van der Waals surface area contributed by atoms with Crippen LogP contribution in [0, 0.1) is 6.92 Å². The van der Waals surface area contributed by atoms with Crippen LogP contribution in [0.4, 0.5) is 0 Å². The summed E-state index contributed by atoms with van der Waals surface area (Å²) in [4.78, 5) is 3.77. The minimum atomic E-state index is -1.54. The summed E-state index contributed by atoms with van der Waals surface area (Å²) in [6, 6.07) is 0. The Kier molecular flexibility index (Phi) is 1.87. The summed E-state index contributed by atoms with van der Waals surface area (Å²) in [6.07, 6.45) is 1.25. The van der Waals surface area contributed by atoms with Gasteiger partial charge in [0, 0.05) is 25.2 Å². The van der Waals surface area contributed by atoms with E-state index in [-0.39, 0.29) is 16.9 Å². The molecule has 1 aromatic heterocycles. The second-order valence-electron chi connectivity index (χ2n) is 2.36. The maximum absolute atomic E-state index is 9.54. The van der Waals surface area contributed by atoms with Crippen LogP contribution in [-0.2, 0) is 13.1 Å². The maximum atomic E-state index is 9.54. The zero-order valence-corrected chi connectivity index (χ0v) is 6.65. The fourth-order valence-electron chi connectivity index (χ4n) is 0.907. The predicted octanol–water partition coefficient (Wildman–Crippen LogP) is 0.0466. The van der Waals surface area contributed by atoms with E-state index >= 15 is 0 Å². The van der Waals surface area contributed by atoms with Gasteiger partial charge in [-0.1, -0.05) is 0 Å². The molecule has 1 aromatic rings. The number of aliphatic hydroxyl groups excluding tert-OH is 1. The van der Waals surface area contributed by atoms with Crippen molar-refractivity contribution < 1.29 is 13.0 Å². The van der Waals surface area contributed by atoms with Gasteiger partial charge < -0.3 is 15.9 Å². The third kappa shape index (κ3) is 1.39. The highest BCUT2D eigenvalue weighted by molar-refractivity contribution is 5.40. The minimum absolute atomic E-state index is 0.0556. The molecule has 0 bridgehead atoms. The Morgan fingerprint density at radius 1 is 1.75 bits per heavy atom. The van der Waals surface area contributed by atoms with E-state index in [4.69, 9.17) is 13.6 Å². The SMILES string of the molecule is [2H]C(N)c1c(C([2H])O)cnc(C)c1O. The van der Waals surface area contributed by atoms with Crippen LogP contribution in [0.25, 0.3) is 0 Å². The fourth-order valence-corrected chi connectivity index (χ4v) is 0.907. The molecule has 0 spiro atoms. The van der Waals surface area contributed by atoms with Crippen LogP contribution in [0.2, 0.25) is 0 Å². The van der Waals surface area contributed by atoms with Crippen molar-refractivity contribution in [1.29, 1.82) is 0 Å². The smallest absolute Gasteiger partial charge is 0.141 e. The highest BCUT2D eigenvalue weighted by Crippen LogP contribution is 2.22. The summed E-state index contributed by atoms with van der Waals surface area (Å²) in [6.45, 7) is -1.17. The van der Waals surface area contributed by atoms with E-state index in [2.05, 4.69) is 4.98 Å². The number of aromatic hydroxyl groups is 1. The molecule has 0 saturated carbocycles. The number of hydrogen-bond donors (Lipinski definition) is 3. The molecule has 0 fully saturated rings. The number of pyridine rings is 1. The quantitative estimate of drug-likeness (QED) is 0.585. The standard InChI is InChI=1S/C8H12N2O2/c1-5-8(12)7(2-9)6(4-11)3-10-5/h3,11-12H,2,4,9H2,1H3/i2D,4D. The molecule has 0 aliphatic carbocycles. The molecule has 66 valence electrons. The lowest BCUT2D eigenvalue weighted by Gasteiger charge is -2.08. The van der Waals surface area contributed by atoms with Gasteiger partial charge in [0.1, 0.15) is 5.75 Å². The molecular formula is C8H12N2O2. The highest BCUT2D eigenvalue weighted by atomic mass is 16.3. The normalized spacial score (nSPS) is 17.9. The van der Waals surface area contributed by atoms with E-state index in [9.17, 15) is 5.11 Å². The van der Waals surface area contributed by atoms with Gasteiger partial charge >= 0.3 is 0 Å². The van der Waals surface area contributed by atoms with E-state index < -0.39 is 13.1 Å². The second-order valence-corrected chi connectivity index (χ2v) is 2.36. The van der Waals surface area contributed by atoms with Crippen LogP contribution in [0.15, 0.2) is 6.20 Å². The largest absolute Gasteiger partial charge is 0.506 e. The Balaban J connectivity index is 3.38. The lowest BCUT2D eigenvalue weighted by Crippen LogP contribution is -2.04. The average Bonchev–Trinajstić information content (AvgIpc) is 2.08. The number of aliphatic hydroxyl groups is 1. The maximum Gasteiger partial charge on any atom is 0.141 e. The van der Waals surface area contributed by atoms with Gasteiger partial charge in [-0.3, -0.25) is 4.98 Å². The third-order valence-electron chi connectivity index (χ3n) is 1.61. The van der Waals surface area contributed by atoms with E-state index in [1.54, 1.807) is 6.92 Å². The molecule has 0 saturated heterocycles. The fraction of sp³-hybridized carbons (Fsp3) is 0.375.